The van der Waals surface area contributed by atoms with Crippen LogP contribution in [0.25, 0.3) is 5.52 Å². The molecule has 6 nitrogen and oxygen atoms in total. The molecule has 88 valence electrons. The molecule has 0 fully saturated rings. The third kappa shape index (κ3) is 2.10. The molecule has 0 unspecified atom stereocenters. The molecule has 17 heavy (non-hydrogen) atoms. The molecule has 0 aliphatic carbocycles. The van der Waals surface area contributed by atoms with Gasteiger partial charge in [0.2, 0.25) is 0 Å². The van der Waals surface area contributed by atoms with Crippen LogP contribution >= 0.6 is 0 Å². The van der Waals surface area contributed by atoms with E-state index in [4.69, 9.17) is 5.11 Å². The Morgan fingerprint density at radius 1 is 1.47 bits per heavy atom. The molecule has 0 atom stereocenters. The molecule has 0 aliphatic rings. The van der Waals surface area contributed by atoms with E-state index in [0.717, 1.165) is 4.90 Å². The predicted molar refractivity (Wildman–Crippen MR) is 59.8 cm³/mol. The van der Waals surface area contributed by atoms with E-state index in [1.165, 1.54) is 13.2 Å². The van der Waals surface area contributed by atoms with Crippen molar-refractivity contribution in [2.45, 2.75) is 0 Å². The summed E-state index contributed by atoms with van der Waals surface area (Å²) in [5, 5.41) is 12.7. The Morgan fingerprint density at radius 3 is 2.94 bits per heavy atom. The average Bonchev–Trinajstić information content (AvgIpc) is 2.70. The first kappa shape index (κ1) is 11.1. The third-order valence-electron chi connectivity index (χ3n) is 2.38. The summed E-state index contributed by atoms with van der Waals surface area (Å²) in [6.07, 6.45) is 3.17. The summed E-state index contributed by atoms with van der Waals surface area (Å²) >= 11 is 0. The van der Waals surface area contributed by atoms with Crippen molar-refractivity contribution in [2.75, 3.05) is 13.6 Å². The predicted octanol–water partition coefficient (Wildman–Crippen LogP) is 0.491. The van der Waals surface area contributed by atoms with Crippen LogP contribution in [0.5, 0.6) is 0 Å². The van der Waals surface area contributed by atoms with Gasteiger partial charge in [-0.05, 0) is 12.1 Å². The minimum Gasteiger partial charge on any atom is -0.480 e. The quantitative estimate of drug-likeness (QED) is 0.837. The zero-order valence-corrected chi connectivity index (χ0v) is 9.20. The van der Waals surface area contributed by atoms with Gasteiger partial charge in [0.25, 0.3) is 5.91 Å². The number of amides is 1. The highest BCUT2D eigenvalue weighted by Gasteiger charge is 2.18. The Morgan fingerprint density at radius 2 is 2.24 bits per heavy atom. The topological polar surface area (TPSA) is 74.9 Å². The lowest BCUT2D eigenvalue weighted by Gasteiger charge is -2.13. The van der Waals surface area contributed by atoms with Crippen molar-refractivity contribution in [1.82, 2.24) is 14.5 Å². The number of rotatable bonds is 3. The number of carboxylic acid groups (broad SMARTS) is 1. The minimum absolute atomic E-state index is 0.330. The minimum atomic E-state index is -1.04. The Bertz CT molecular complexity index is 576. The standard InChI is InChI=1S/C11H11N3O3/c1-13(7-10(15)16)11(17)8-6-12-14-5-3-2-4-9(8)14/h2-6H,7H2,1H3,(H,15,16). The lowest BCUT2D eigenvalue weighted by atomic mass is 10.2. The van der Waals surface area contributed by atoms with Gasteiger partial charge in [0.15, 0.2) is 0 Å². The lowest BCUT2D eigenvalue weighted by molar-refractivity contribution is -0.137. The maximum absolute atomic E-state index is 12.0. The number of likely N-dealkylation sites (N-methyl/N-ethyl adjacent to an activating group) is 1. The highest BCUT2D eigenvalue weighted by atomic mass is 16.4. The van der Waals surface area contributed by atoms with Crippen LogP contribution in [0.1, 0.15) is 10.4 Å². The van der Waals surface area contributed by atoms with Gasteiger partial charge in [-0.2, -0.15) is 5.10 Å². The SMILES string of the molecule is CN(CC(=O)O)C(=O)c1cnn2ccccc12. The van der Waals surface area contributed by atoms with E-state index >= 15 is 0 Å². The van der Waals surface area contributed by atoms with Gasteiger partial charge in [-0.15, -0.1) is 0 Å². The summed E-state index contributed by atoms with van der Waals surface area (Å²) in [5.74, 6) is -1.40. The molecular formula is C11H11N3O3. The summed E-state index contributed by atoms with van der Waals surface area (Å²) in [5.41, 5.74) is 1.06. The van der Waals surface area contributed by atoms with E-state index in [-0.39, 0.29) is 12.5 Å². The maximum Gasteiger partial charge on any atom is 0.323 e. The number of nitrogens with zero attached hydrogens (tertiary/aromatic N) is 3. The summed E-state index contributed by atoms with van der Waals surface area (Å²) in [6, 6.07) is 5.36. The monoisotopic (exact) mass is 233 g/mol. The van der Waals surface area contributed by atoms with E-state index in [2.05, 4.69) is 5.10 Å². The smallest absolute Gasteiger partial charge is 0.323 e. The molecule has 0 saturated heterocycles. The molecule has 1 amide bonds. The lowest BCUT2D eigenvalue weighted by Crippen LogP contribution is -2.31. The largest absolute Gasteiger partial charge is 0.480 e. The Kier molecular flexibility index (Phi) is 2.78. The molecule has 2 aromatic rings. The van der Waals surface area contributed by atoms with Crippen LogP contribution in [0.4, 0.5) is 0 Å². The van der Waals surface area contributed by atoms with Gasteiger partial charge in [0, 0.05) is 13.2 Å². The Balaban J connectivity index is 2.33. The van der Waals surface area contributed by atoms with Gasteiger partial charge in [-0.3, -0.25) is 9.59 Å². The molecule has 0 bridgehead atoms. The molecule has 1 N–H and O–H groups in total. The third-order valence-corrected chi connectivity index (χ3v) is 2.38. The van der Waals surface area contributed by atoms with Gasteiger partial charge in [0.1, 0.15) is 6.54 Å². The van der Waals surface area contributed by atoms with Crippen molar-refractivity contribution in [1.29, 1.82) is 0 Å². The Labute approximate surface area is 97.1 Å². The van der Waals surface area contributed by atoms with Crippen LogP contribution in [0, 0.1) is 0 Å². The van der Waals surface area contributed by atoms with E-state index in [1.807, 2.05) is 0 Å². The normalized spacial score (nSPS) is 10.4. The zero-order chi connectivity index (χ0) is 12.4. The molecule has 2 rings (SSSR count). The fraction of sp³-hybridized carbons (Fsp3) is 0.182. The highest BCUT2D eigenvalue weighted by Crippen LogP contribution is 2.11. The van der Waals surface area contributed by atoms with Crippen molar-refractivity contribution in [3.63, 3.8) is 0 Å². The number of aromatic nitrogens is 2. The number of hydrogen-bond acceptors (Lipinski definition) is 3. The van der Waals surface area contributed by atoms with Crippen molar-refractivity contribution in [3.05, 3.63) is 36.2 Å². The van der Waals surface area contributed by atoms with Gasteiger partial charge < -0.3 is 10.0 Å². The molecule has 2 aromatic heterocycles. The van der Waals surface area contributed by atoms with Crippen molar-refractivity contribution < 1.29 is 14.7 Å². The number of pyridine rings is 1. The van der Waals surface area contributed by atoms with Gasteiger partial charge in [-0.1, -0.05) is 6.07 Å². The van der Waals surface area contributed by atoms with Gasteiger partial charge in [0.05, 0.1) is 17.3 Å². The van der Waals surface area contributed by atoms with Crippen LogP contribution in [0.3, 0.4) is 0 Å². The first-order valence-electron chi connectivity index (χ1n) is 4.99. The fourth-order valence-electron chi connectivity index (χ4n) is 1.58. The number of carbonyl (C=O) groups excluding carboxylic acids is 1. The van der Waals surface area contributed by atoms with Crippen LogP contribution < -0.4 is 0 Å². The zero-order valence-electron chi connectivity index (χ0n) is 9.20. The molecule has 0 radical (unpaired) electrons. The summed E-state index contributed by atoms with van der Waals surface area (Å²) < 4.78 is 1.57. The van der Waals surface area contributed by atoms with Crippen LogP contribution in [-0.2, 0) is 4.79 Å². The number of aliphatic carboxylic acids is 1. The van der Waals surface area contributed by atoms with E-state index in [0.29, 0.717) is 11.1 Å². The second-order valence-corrected chi connectivity index (χ2v) is 3.64. The summed E-state index contributed by atoms with van der Waals surface area (Å²) in [4.78, 5) is 23.6. The maximum atomic E-state index is 12.0. The number of carbonyl (C=O) groups is 2. The molecule has 6 heteroatoms. The van der Waals surface area contributed by atoms with Gasteiger partial charge in [-0.25, -0.2) is 4.52 Å². The van der Waals surface area contributed by atoms with Crippen LogP contribution in [-0.4, -0.2) is 45.1 Å². The van der Waals surface area contributed by atoms with Crippen molar-refractivity contribution in [3.8, 4) is 0 Å². The number of hydrogen-bond donors (Lipinski definition) is 1. The van der Waals surface area contributed by atoms with Crippen LogP contribution in [0.15, 0.2) is 30.6 Å². The van der Waals surface area contributed by atoms with Gasteiger partial charge >= 0.3 is 5.97 Å². The second kappa shape index (κ2) is 4.25. The van der Waals surface area contributed by atoms with E-state index in [9.17, 15) is 9.59 Å². The summed E-state index contributed by atoms with van der Waals surface area (Å²) in [7, 11) is 1.45. The van der Waals surface area contributed by atoms with Crippen molar-refractivity contribution >= 4 is 17.4 Å². The highest BCUT2D eigenvalue weighted by molar-refractivity contribution is 6.01. The fourth-order valence-corrected chi connectivity index (χ4v) is 1.58. The summed E-state index contributed by atoms with van der Waals surface area (Å²) in [6.45, 7) is -0.330. The molecular weight excluding hydrogens is 222 g/mol. The first-order valence-corrected chi connectivity index (χ1v) is 4.99. The average molecular weight is 233 g/mol. The molecule has 2 heterocycles. The molecule has 0 aliphatic heterocycles. The molecule has 0 spiro atoms. The first-order chi connectivity index (χ1) is 8.09. The van der Waals surface area contributed by atoms with E-state index < -0.39 is 5.97 Å². The molecule has 0 aromatic carbocycles. The second-order valence-electron chi connectivity index (χ2n) is 3.64. The molecule has 0 saturated carbocycles. The Hall–Kier alpha value is -2.37. The van der Waals surface area contributed by atoms with E-state index in [1.54, 1.807) is 28.9 Å². The van der Waals surface area contributed by atoms with Crippen molar-refractivity contribution in [2.24, 2.45) is 0 Å². The number of fused-ring (bicyclic) bond motifs is 1. The van der Waals surface area contributed by atoms with Crippen LogP contribution in [0.2, 0.25) is 0 Å². The number of carboxylic acids is 1.